The van der Waals surface area contributed by atoms with Crippen LogP contribution in [-0.4, -0.2) is 15.3 Å². The molecule has 114 valence electrons. The summed E-state index contributed by atoms with van der Waals surface area (Å²) in [6, 6.07) is 9.18. The molecule has 1 aromatic carbocycles. The number of aromatic nitrogens is 2. The normalized spacial score (nSPS) is 15.7. The number of hydrogen-bond donors (Lipinski definition) is 1. The maximum atomic E-state index is 13.7. The molecule has 0 saturated carbocycles. The molecule has 0 bridgehead atoms. The highest BCUT2D eigenvalue weighted by Crippen LogP contribution is 2.19. The van der Waals surface area contributed by atoms with E-state index < -0.39 is 5.54 Å². The molecule has 21 heavy (non-hydrogen) atoms. The van der Waals surface area contributed by atoms with Gasteiger partial charge in [0.1, 0.15) is 5.82 Å². The Labute approximate surface area is 126 Å². The zero-order valence-corrected chi connectivity index (χ0v) is 13.0. The fourth-order valence-electron chi connectivity index (χ4n) is 2.46. The maximum Gasteiger partial charge on any atom is 0.126 e. The number of hydrogen-bond acceptors (Lipinski definition) is 2. The Morgan fingerprint density at radius 1 is 1.29 bits per heavy atom. The summed E-state index contributed by atoms with van der Waals surface area (Å²) in [6.07, 6.45) is 4.15. The minimum Gasteiger partial charge on any atom is -0.325 e. The fourth-order valence-corrected chi connectivity index (χ4v) is 2.46. The third kappa shape index (κ3) is 4.14. The summed E-state index contributed by atoms with van der Waals surface area (Å²) in [7, 11) is 0. The summed E-state index contributed by atoms with van der Waals surface area (Å²) in [5.41, 5.74) is 7.45. The van der Waals surface area contributed by atoms with Crippen LogP contribution in [-0.2, 0) is 12.8 Å². The van der Waals surface area contributed by atoms with Crippen LogP contribution in [0.25, 0.3) is 0 Å². The van der Waals surface area contributed by atoms with Gasteiger partial charge in [-0.05, 0) is 44.4 Å². The number of nitrogens with two attached hydrogens (primary N) is 1. The molecule has 1 heterocycles. The first-order valence-corrected chi connectivity index (χ1v) is 7.47. The standard InChI is InChI=1S/C17H24FN3/c1-4-13(2)21-10-9-15(20-21)12-17(3,19)11-14-7-5-6-8-16(14)18/h5-10,13H,4,11-12,19H2,1-3H3. The van der Waals surface area contributed by atoms with E-state index in [0.717, 1.165) is 12.1 Å². The van der Waals surface area contributed by atoms with Gasteiger partial charge in [-0.15, -0.1) is 0 Å². The van der Waals surface area contributed by atoms with Crippen LogP contribution in [0.2, 0.25) is 0 Å². The molecule has 0 aliphatic rings. The van der Waals surface area contributed by atoms with Crippen molar-refractivity contribution >= 4 is 0 Å². The van der Waals surface area contributed by atoms with Crippen LogP contribution in [0.5, 0.6) is 0 Å². The van der Waals surface area contributed by atoms with Gasteiger partial charge in [0.15, 0.2) is 0 Å². The quantitative estimate of drug-likeness (QED) is 0.884. The van der Waals surface area contributed by atoms with Crippen molar-refractivity contribution in [3.8, 4) is 0 Å². The van der Waals surface area contributed by atoms with Crippen LogP contribution in [0.3, 0.4) is 0 Å². The van der Waals surface area contributed by atoms with Gasteiger partial charge in [-0.2, -0.15) is 5.10 Å². The Kier molecular flexibility index (Phi) is 4.78. The zero-order chi connectivity index (χ0) is 15.5. The average Bonchev–Trinajstić information content (AvgIpc) is 2.88. The van der Waals surface area contributed by atoms with Gasteiger partial charge in [0.2, 0.25) is 0 Å². The van der Waals surface area contributed by atoms with Gasteiger partial charge in [0, 0.05) is 24.2 Å². The zero-order valence-electron chi connectivity index (χ0n) is 13.0. The van der Waals surface area contributed by atoms with Crippen molar-refractivity contribution in [1.29, 1.82) is 0 Å². The van der Waals surface area contributed by atoms with Crippen LogP contribution in [0, 0.1) is 5.82 Å². The molecule has 2 atom stereocenters. The molecule has 0 amide bonds. The van der Waals surface area contributed by atoms with Gasteiger partial charge < -0.3 is 5.73 Å². The predicted molar refractivity (Wildman–Crippen MR) is 83.6 cm³/mol. The van der Waals surface area contributed by atoms with Gasteiger partial charge in [-0.1, -0.05) is 25.1 Å². The molecule has 3 nitrogen and oxygen atoms in total. The number of halogens is 1. The third-order valence-electron chi connectivity index (χ3n) is 3.84. The van der Waals surface area contributed by atoms with Crippen molar-refractivity contribution in [2.75, 3.05) is 0 Å². The van der Waals surface area contributed by atoms with E-state index >= 15 is 0 Å². The molecule has 2 aromatic rings. The second-order valence-corrected chi connectivity index (χ2v) is 6.14. The Morgan fingerprint density at radius 2 is 2.00 bits per heavy atom. The van der Waals surface area contributed by atoms with E-state index in [4.69, 9.17) is 5.73 Å². The second-order valence-electron chi connectivity index (χ2n) is 6.14. The summed E-state index contributed by atoms with van der Waals surface area (Å²) in [5, 5.41) is 4.57. The summed E-state index contributed by atoms with van der Waals surface area (Å²) in [4.78, 5) is 0. The molecule has 0 spiro atoms. The largest absolute Gasteiger partial charge is 0.325 e. The van der Waals surface area contributed by atoms with Crippen LogP contribution < -0.4 is 5.73 Å². The smallest absolute Gasteiger partial charge is 0.126 e. The van der Waals surface area contributed by atoms with Crippen molar-refractivity contribution in [3.63, 3.8) is 0 Å². The Morgan fingerprint density at radius 3 is 2.67 bits per heavy atom. The Bertz CT molecular complexity index is 589. The van der Waals surface area contributed by atoms with E-state index in [1.807, 2.05) is 29.9 Å². The summed E-state index contributed by atoms with van der Waals surface area (Å²) >= 11 is 0. The Hall–Kier alpha value is -1.68. The first-order valence-electron chi connectivity index (χ1n) is 7.47. The SMILES string of the molecule is CCC(C)n1ccc(CC(C)(N)Cc2ccccc2F)n1. The molecule has 1 aromatic heterocycles. The topological polar surface area (TPSA) is 43.8 Å². The van der Waals surface area contributed by atoms with Crippen molar-refractivity contribution in [3.05, 3.63) is 53.6 Å². The van der Waals surface area contributed by atoms with Crippen LogP contribution >= 0.6 is 0 Å². The van der Waals surface area contributed by atoms with E-state index in [9.17, 15) is 4.39 Å². The lowest BCUT2D eigenvalue weighted by atomic mass is 9.89. The molecule has 0 fully saturated rings. The van der Waals surface area contributed by atoms with Gasteiger partial charge in [-0.25, -0.2) is 4.39 Å². The summed E-state index contributed by atoms with van der Waals surface area (Å²) in [6.45, 7) is 6.22. The van der Waals surface area contributed by atoms with Gasteiger partial charge in [0.05, 0.1) is 5.69 Å². The molecule has 0 saturated heterocycles. The lowest BCUT2D eigenvalue weighted by Crippen LogP contribution is -2.41. The highest BCUT2D eigenvalue weighted by molar-refractivity contribution is 5.20. The van der Waals surface area contributed by atoms with E-state index in [2.05, 4.69) is 18.9 Å². The molecule has 2 unspecified atom stereocenters. The first kappa shape index (κ1) is 15.7. The number of rotatable bonds is 6. The van der Waals surface area contributed by atoms with Crippen LogP contribution in [0.4, 0.5) is 4.39 Å². The highest BCUT2D eigenvalue weighted by atomic mass is 19.1. The Balaban J connectivity index is 2.07. The molecule has 0 aliphatic heterocycles. The minimum atomic E-state index is -0.517. The lowest BCUT2D eigenvalue weighted by molar-refractivity contribution is 0.432. The van der Waals surface area contributed by atoms with Gasteiger partial charge in [0.25, 0.3) is 0 Å². The maximum absolute atomic E-state index is 13.7. The van der Waals surface area contributed by atoms with Crippen molar-refractivity contribution < 1.29 is 4.39 Å². The molecular formula is C17H24FN3. The molecule has 0 aliphatic carbocycles. The third-order valence-corrected chi connectivity index (χ3v) is 3.84. The van der Waals surface area contributed by atoms with E-state index in [0.29, 0.717) is 24.4 Å². The van der Waals surface area contributed by atoms with E-state index in [1.54, 1.807) is 12.1 Å². The van der Waals surface area contributed by atoms with Crippen LogP contribution in [0.15, 0.2) is 36.5 Å². The molecular weight excluding hydrogens is 265 g/mol. The first-order chi connectivity index (χ1) is 9.91. The lowest BCUT2D eigenvalue weighted by Gasteiger charge is -2.24. The monoisotopic (exact) mass is 289 g/mol. The highest BCUT2D eigenvalue weighted by Gasteiger charge is 2.22. The molecule has 2 rings (SSSR count). The number of nitrogens with zero attached hydrogens (tertiary/aromatic N) is 2. The number of benzene rings is 1. The fraction of sp³-hybridized carbons (Fsp3) is 0.471. The molecule has 0 radical (unpaired) electrons. The van der Waals surface area contributed by atoms with Crippen LogP contribution in [0.1, 0.15) is 44.5 Å². The van der Waals surface area contributed by atoms with Crippen molar-refractivity contribution in [2.45, 2.75) is 51.6 Å². The van der Waals surface area contributed by atoms with Crippen molar-refractivity contribution in [2.24, 2.45) is 5.73 Å². The van der Waals surface area contributed by atoms with E-state index in [1.165, 1.54) is 6.07 Å². The average molecular weight is 289 g/mol. The second kappa shape index (κ2) is 6.39. The van der Waals surface area contributed by atoms with Gasteiger partial charge >= 0.3 is 0 Å². The predicted octanol–water partition coefficient (Wildman–Crippen LogP) is 3.50. The summed E-state index contributed by atoms with van der Waals surface area (Å²) < 4.78 is 15.7. The summed E-state index contributed by atoms with van der Waals surface area (Å²) in [5.74, 6) is -0.195. The van der Waals surface area contributed by atoms with E-state index in [-0.39, 0.29) is 5.82 Å². The molecule has 4 heteroatoms. The van der Waals surface area contributed by atoms with Gasteiger partial charge in [-0.3, -0.25) is 4.68 Å². The molecule has 2 N–H and O–H groups in total. The van der Waals surface area contributed by atoms with Crippen molar-refractivity contribution in [1.82, 2.24) is 9.78 Å². The minimum absolute atomic E-state index is 0.195.